The van der Waals surface area contributed by atoms with Crippen molar-refractivity contribution in [2.75, 3.05) is 0 Å². The first-order valence-electron chi connectivity index (χ1n) is 8.72. The Bertz CT molecular complexity index is 993. The predicted octanol–water partition coefficient (Wildman–Crippen LogP) is 6.34. The average molecular weight is 300 g/mol. The summed E-state index contributed by atoms with van der Waals surface area (Å²) in [7, 11) is 0. The second kappa shape index (κ2) is 4.86. The summed E-state index contributed by atoms with van der Waals surface area (Å²) in [6.45, 7) is 0. The van der Waals surface area contributed by atoms with Crippen molar-refractivity contribution in [3.63, 3.8) is 0 Å². The topological polar surface area (TPSA) is 20.2 Å². The molecular formula is C22H20O. The van der Waals surface area contributed by atoms with E-state index in [1.807, 2.05) is 0 Å². The molecule has 114 valence electrons. The molecule has 0 atom stereocenters. The van der Waals surface area contributed by atoms with Crippen LogP contribution in [0.4, 0.5) is 0 Å². The summed E-state index contributed by atoms with van der Waals surface area (Å²) in [5.74, 6) is 1.04. The lowest BCUT2D eigenvalue weighted by molar-refractivity contribution is 0.417. The zero-order valence-corrected chi connectivity index (χ0v) is 13.2. The summed E-state index contributed by atoms with van der Waals surface area (Å²) < 4.78 is 0. The van der Waals surface area contributed by atoms with E-state index in [4.69, 9.17) is 0 Å². The molecule has 0 amide bonds. The minimum Gasteiger partial charge on any atom is -0.507 e. The van der Waals surface area contributed by atoms with Gasteiger partial charge in [-0.15, -0.1) is 0 Å². The maximum absolute atomic E-state index is 11.0. The van der Waals surface area contributed by atoms with Crippen LogP contribution in [0.15, 0.2) is 48.5 Å². The molecule has 0 heterocycles. The summed E-state index contributed by atoms with van der Waals surface area (Å²) in [6.07, 6.45) is 6.33. The molecular weight excluding hydrogens is 280 g/mol. The van der Waals surface area contributed by atoms with Gasteiger partial charge >= 0.3 is 0 Å². The third-order valence-corrected chi connectivity index (χ3v) is 5.69. The van der Waals surface area contributed by atoms with Crippen LogP contribution >= 0.6 is 0 Å². The Balaban J connectivity index is 1.87. The van der Waals surface area contributed by atoms with Gasteiger partial charge in [0.25, 0.3) is 0 Å². The summed E-state index contributed by atoms with van der Waals surface area (Å²) in [5, 5.41) is 18.3. The SMILES string of the molecule is Oc1c(C2CCCCC2)cc2ccc3cccc4ccc1c2c34. The summed E-state index contributed by atoms with van der Waals surface area (Å²) in [6, 6.07) is 17.4. The Morgan fingerprint density at radius 2 is 1.43 bits per heavy atom. The quantitative estimate of drug-likeness (QED) is 0.407. The zero-order chi connectivity index (χ0) is 15.4. The number of benzene rings is 4. The molecule has 0 spiro atoms. The van der Waals surface area contributed by atoms with Gasteiger partial charge in [0.1, 0.15) is 5.75 Å². The fourth-order valence-corrected chi connectivity index (χ4v) is 4.54. The van der Waals surface area contributed by atoms with Crippen molar-refractivity contribution in [2.45, 2.75) is 38.0 Å². The standard InChI is InChI=1S/C22H20O/c23-22-18-12-11-16-8-4-7-15-9-10-17(21(18)20(15)16)13-19(22)14-5-2-1-3-6-14/h4,7-14,23H,1-3,5-6H2. The molecule has 1 aliphatic carbocycles. The molecule has 23 heavy (non-hydrogen) atoms. The lowest BCUT2D eigenvalue weighted by atomic mass is 9.81. The first-order chi connectivity index (χ1) is 11.3. The van der Waals surface area contributed by atoms with Gasteiger partial charge < -0.3 is 5.11 Å². The van der Waals surface area contributed by atoms with E-state index in [2.05, 4.69) is 48.5 Å². The van der Waals surface area contributed by atoms with E-state index in [9.17, 15) is 5.11 Å². The molecule has 1 aliphatic rings. The number of aromatic hydroxyl groups is 1. The summed E-state index contributed by atoms with van der Waals surface area (Å²) in [4.78, 5) is 0. The highest BCUT2D eigenvalue weighted by Gasteiger charge is 2.21. The van der Waals surface area contributed by atoms with Crippen molar-refractivity contribution in [3.05, 3.63) is 54.1 Å². The molecule has 1 nitrogen and oxygen atoms in total. The van der Waals surface area contributed by atoms with Gasteiger partial charge in [0.15, 0.2) is 0 Å². The highest BCUT2D eigenvalue weighted by atomic mass is 16.3. The van der Waals surface area contributed by atoms with Crippen LogP contribution in [0.3, 0.4) is 0 Å². The monoisotopic (exact) mass is 300 g/mol. The van der Waals surface area contributed by atoms with Crippen LogP contribution in [-0.2, 0) is 0 Å². The van der Waals surface area contributed by atoms with Crippen LogP contribution < -0.4 is 0 Å². The molecule has 0 unspecified atom stereocenters. The highest BCUT2D eigenvalue weighted by molar-refractivity contribution is 6.24. The van der Waals surface area contributed by atoms with Gasteiger partial charge in [-0.05, 0) is 58.0 Å². The Morgan fingerprint density at radius 3 is 2.22 bits per heavy atom. The van der Waals surface area contributed by atoms with E-state index < -0.39 is 0 Å². The molecule has 0 saturated heterocycles. The van der Waals surface area contributed by atoms with Crippen LogP contribution in [0.25, 0.3) is 32.3 Å². The van der Waals surface area contributed by atoms with E-state index >= 15 is 0 Å². The van der Waals surface area contributed by atoms with Gasteiger partial charge in [0.2, 0.25) is 0 Å². The molecule has 1 saturated carbocycles. The molecule has 0 aliphatic heterocycles. The smallest absolute Gasteiger partial charge is 0.126 e. The molecule has 1 N–H and O–H groups in total. The fourth-order valence-electron chi connectivity index (χ4n) is 4.54. The lowest BCUT2D eigenvalue weighted by Crippen LogP contribution is -2.05. The second-order valence-corrected chi connectivity index (χ2v) is 7.01. The van der Waals surface area contributed by atoms with Gasteiger partial charge in [-0.3, -0.25) is 0 Å². The van der Waals surface area contributed by atoms with Crippen molar-refractivity contribution in [1.29, 1.82) is 0 Å². The van der Waals surface area contributed by atoms with Crippen molar-refractivity contribution in [3.8, 4) is 5.75 Å². The van der Waals surface area contributed by atoms with E-state index in [-0.39, 0.29) is 0 Å². The fraction of sp³-hybridized carbons (Fsp3) is 0.273. The van der Waals surface area contributed by atoms with Crippen molar-refractivity contribution in [1.82, 2.24) is 0 Å². The molecule has 1 fully saturated rings. The zero-order valence-electron chi connectivity index (χ0n) is 13.2. The molecule has 1 heteroatoms. The molecule has 0 radical (unpaired) electrons. The van der Waals surface area contributed by atoms with Gasteiger partial charge in [-0.2, -0.15) is 0 Å². The van der Waals surface area contributed by atoms with Crippen molar-refractivity contribution < 1.29 is 5.11 Å². The van der Waals surface area contributed by atoms with Crippen LogP contribution in [0.5, 0.6) is 5.75 Å². The molecule has 0 bridgehead atoms. The Hall–Kier alpha value is -2.28. The lowest BCUT2D eigenvalue weighted by Gasteiger charge is -2.24. The predicted molar refractivity (Wildman–Crippen MR) is 97.6 cm³/mol. The number of rotatable bonds is 1. The normalized spacial score (nSPS) is 16.7. The van der Waals surface area contributed by atoms with Gasteiger partial charge in [-0.1, -0.05) is 55.7 Å². The van der Waals surface area contributed by atoms with E-state index in [1.165, 1.54) is 59.0 Å². The van der Waals surface area contributed by atoms with Gasteiger partial charge in [0, 0.05) is 10.8 Å². The Kier molecular flexibility index (Phi) is 2.78. The third kappa shape index (κ3) is 1.86. The van der Waals surface area contributed by atoms with E-state index in [0.717, 1.165) is 10.9 Å². The van der Waals surface area contributed by atoms with Crippen LogP contribution in [0, 0.1) is 0 Å². The maximum Gasteiger partial charge on any atom is 0.126 e. The van der Waals surface area contributed by atoms with E-state index in [1.54, 1.807) is 0 Å². The van der Waals surface area contributed by atoms with Crippen molar-refractivity contribution in [2.24, 2.45) is 0 Å². The molecule has 0 aromatic heterocycles. The Morgan fingerprint density at radius 1 is 0.739 bits per heavy atom. The average Bonchev–Trinajstić information content (AvgIpc) is 2.62. The van der Waals surface area contributed by atoms with Gasteiger partial charge in [0.05, 0.1) is 0 Å². The number of phenols is 1. The van der Waals surface area contributed by atoms with Gasteiger partial charge in [-0.25, -0.2) is 0 Å². The first-order valence-corrected chi connectivity index (χ1v) is 8.72. The van der Waals surface area contributed by atoms with Crippen LogP contribution in [0.2, 0.25) is 0 Å². The molecule has 5 rings (SSSR count). The van der Waals surface area contributed by atoms with E-state index in [0.29, 0.717) is 11.7 Å². The summed E-state index contributed by atoms with van der Waals surface area (Å²) in [5.41, 5.74) is 1.16. The number of phenolic OH excluding ortho intramolecular Hbond substituents is 1. The minimum absolute atomic E-state index is 0.516. The maximum atomic E-state index is 11.0. The van der Waals surface area contributed by atoms with Crippen LogP contribution in [0.1, 0.15) is 43.6 Å². The number of hydrogen-bond donors (Lipinski definition) is 1. The van der Waals surface area contributed by atoms with Crippen LogP contribution in [-0.4, -0.2) is 5.11 Å². The third-order valence-electron chi connectivity index (χ3n) is 5.69. The second-order valence-electron chi connectivity index (χ2n) is 7.01. The molecule has 4 aromatic carbocycles. The largest absolute Gasteiger partial charge is 0.507 e. The highest BCUT2D eigenvalue weighted by Crippen LogP contribution is 2.45. The van der Waals surface area contributed by atoms with Crippen molar-refractivity contribution >= 4 is 32.3 Å². The minimum atomic E-state index is 0.516. The number of hydrogen-bond acceptors (Lipinski definition) is 1. The Labute approximate surface area is 135 Å². The summed E-state index contributed by atoms with van der Waals surface area (Å²) >= 11 is 0. The molecule has 4 aromatic rings. The first kappa shape index (κ1) is 13.2.